The lowest BCUT2D eigenvalue weighted by Gasteiger charge is -2.34. The average molecular weight is 564 g/mol. The zero-order valence-corrected chi connectivity index (χ0v) is 21.5. The zero-order valence-electron chi connectivity index (χ0n) is 17.6. The summed E-state index contributed by atoms with van der Waals surface area (Å²) >= 11 is 8.21. The molecule has 2 aromatic rings. The molecular formula is C21H31ClIN5OS. The molecule has 2 heterocycles. The lowest BCUT2D eigenvalue weighted by molar-refractivity contribution is 0.0180. The summed E-state index contributed by atoms with van der Waals surface area (Å²) < 4.78 is 5.54. The maximum Gasteiger partial charge on any atom is 0.191 e. The number of hydrogen-bond acceptors (Lipinski definition) is 5. The van der Waals surface area contributed by atoms with Gasteiger partial charge in [-0.05, 0) is 25.5 Å². The van der Waals surface area contributed by atoms with Crippen LogP contribution in [0.25, 0.3) is 0 Å². The fourth-order valence-corrected chi connectivity index (χ4v) is 4.31. The molecule has 166 valence electrons. The minimum absolute atomic E-state index is 0. The van der Waals surface area contributed by atoms with E-state index in [4.69, 9.17) is 21.3 Å². The number of benzene rings is 1. The number of halogens is 2. The highest BCUT2D eigenvalue weighted by Crippen LogP contribution is 2.28. The molecule has 0 aliphatic carbocycles. The summed E-state index contributed by atoms with van der Waals surface area (Å²) in [5.41, 5.74) is 2.24. The lowest BCUT2D eigenvalue weighted by atomic mass is 10.0. The standard InChI is InChI=1S/C21H30ClN5OS.HI/c1-3-23-21(24-9-8-17-15-29-16(2)26-17)25-14-20(27-10-12-28-13-11-27)18-6-4-5-7-19(18)22;/h4-7,15,20H,3,8-14H2,1-2H3,(H2,23,24,25);1H. The van der Waals surface area contributed by atoms with E-state index >= 15 is 0 Å². The third kappa shape index (κ3) is 7.64. The smallest absolute Gasteiger partial charge is 0.191 e. The minimum Gasteiger partial charge on any atom is -0.379 e. The predicted molar refractivity (Wildman–Crippen MR) is 137 cm³/mol. The first-order valence-corrected chi connectivity index (χ1v) is 11.4. The number of ether oxygens (including phenoxy) is 1. The Bertz CT molecular complexity index is 797. The summed E-state index contributed by atoms with van der Waals surface area (Å²) in [5.74, 6) is 0.824. The van der Waals surface area contributed by atoms with Crippen molar-refractivity contribution in [3.05, 3.63) is 50.9 Å². The molecule has 1 atom stereocenters. The normalized spacial score (nSPS) is 16.0. The zero-order chi connectivity index (χ0) is 20.5. The van der Waals surface area contributed by atoms with Crippen molar-refractivity contribution in [3.63, 3.8) is 0 Å². The van der Waals surface area contributed by atoms with Crippen LogP contribution in [0.3, 0.4) is 0 Å². The van der Waals surface area contributed by atoms with Crippen LogP contribution in [-0.2, 0) is 11.2 Å². The molecule has 3 rings (SSSR count). The van der Waals surface area contributed by atoms with Crippen LogP contribution in [-0.4, -0.2) is 61.8 Å². The maximum atomic E-state index is 6.52. The van der Waals surface area contributed by atoms with Crippen molar-refractivity contribution in [3.8, 4) is 0 Å². The van der Waals surface area contributed by atoms with Gasteiger partial charge >= 0.3 is 0 Å². The molecule has 6 nitrogen and oxygen atoms in total. The van der Waals surface area contributed by atoms with E-state index in [-0.39, 0.29) is 30.0 Å². The van der Waals surface area contributed by atoms with Crippen molar-refractivity contribution in [2.24, 2.45) is 4.99 Å². The van der Waals surface area contributed by atoms with E-state index in [9.17, 15) is 0 Å². The van der Waals surface area contributed by atoms with Gasteiger partial charge in [-0.2, -0.15) is 0 Å². The number of morpholine rings is 1. The van der Waals surface area contributed by atoms with Crippen LogP contribution >= 0.6 is 46.9 Å². The van der Waals surface area contributed by atoms with Gasteiger partial charge in [0, 0.05) is 43.0 Å². The summed E-state index contributed by atoms with van der Waals surface area (Å²) in [6.45, 7) is 9.62. The minimum atomic E-state index is 0. The highest BCUT2D eigenvalue weighted by Gasteiger charge is 2.24. The largest absolute Gasteiger partial charge is 0.379 e. The van der Waals surface area contributed by atoms with Gasteiger partial charge in [-0.1, -0.05) is 29.8 Å². The fraction of sp³-hybridized carbons (Fsp3) is 0.524. The first-order valence-electron chi connectivity index (χ1n) is 10.2. The van der Waals surface area contributed by atoms with E-state index in [1.54, 1.807) is 11.3 Å². The molecule has 0 bridgehead atoms. The quantitative estimate of drug-likeness (QED) is 0.290. The van der Waals surface area contributed by atoms with Crippen LogP contribution in [0, 0.1) is 6.92 Å². The van der Waals surface area contributed by atoms with Gasteiger partial charge in [-0.25, -0.2) is 4.98 Å². The summed E-state index contributed by atoms with van der Waals surface area (Å²) in [4.78, 5) is 11.8. The Kier molecular flexibility index (Phi) is 11.4. The van der Waals surface area contributed by atoms with Crippen LogP contribution in [0.15, 0.2) is 34.6 Å². The van der Waals surface area contributed by atoms with E-state index in [0.29, 0.717) is 6.54 Å². The molecule has 0 saturated carbocycles. The molecule has 1 aromatic heterocycles. The van der Waals surface area contributed by atoms with Gasteiger partial charge in [0.1, 0.15) is 0 Å². The second-order valence-electron chi connectivity index (χ2n) is 6.94. The van der Waals surface area contributed by atoms with E-state index < -0.39 is 0 Å². The second kappa shape index (κ2) is 13.5. The Labute approximate surface area is 205 Å². The molecule has 0 amide bonds. The number of nitrogens with one attached hydrogen (secondary N) is 2. The Morgan fingerprint density at radius 2 is 2.07 bits per heavy atom. The number of nitrogens with zero attached hydrogens (tertiary/aromatic N) is 3. The summed E-state index contributed by atoms with van der Waals surface area (Å²) in [5, 5.41) is 10.8. The van der Waals surface area contributed by atoms with E-state index in [1.165, 1.54) is 0 Å². The van der Waals surface area contributed by atoms with Gasteiger partial charge in [0.25, 0.3) is 0 Å². The number of rotatable bonds is 8. The Balaban J connectivity index is 0.00000320. The number of thiazole rings is 1. The molecule has 1 aromatic carbocycles. The number of aliphatic imine (C=N–C) groups is 1. The number of aromatic nitrogens is 1. The molecule has 1 saturated heterocycles. The topological polar surface area (TPSA) is 61.8 Å². The van der Waals surface area contributed by atoms with Crippen molar-refractivity contribution in [2.75, 3.05) is 45.9 Å². The van der Waals surface area contributed by atoms with E-state index in [0.717, 1.165) is 73.1 Å². The van der Waals surface area contributed by atoms with Crippen LogP contribution < -0.4 is 10.6 Å². The van der Waals surface area contributed by atoms with E-state index in [2.05, 4.69) is 38.9 Å². The van der Waals surface area contributed by atoms with E-state index in [1.807, 2.05) is 25.1 Å². The highest BCUT2D eigenvalue weighted by atomic mass is 127. The van der Waals surface area contributed by atoms with Gasteiger partial charge in [-0.3, -0.25) is 9.89 Å². The molecule has 1 aliphatic rings. The lowest BCUT2D eigenvalue weighted by Crippen LogP contribution is -2.42. The summed E-state index contributed by atoms with van der Waals surface area (Å²) in [6, 6.07) is 8.19. The number of guanidine groups is 1. The SMILES string of the molecule is CCNC(=NCC(c1ccccc1Cl)N1CCOCC1)NCCc1csc(C)n1.I. The van der Waals surface area contributed by atoms with Crippen molar-refractivity contribution >= 4 is 52.9 Å². The third-order valence-electron chi connectivity index (χ3n) is 4.86. The Morgan fingerprint density at radius 1 is 1.30 bits per heavy atom. The molecule has 0 spiro atoms. The monoisotopic (exact) mass is 563 g/mol. The fourth-order valence-electron chi connectivity index (χ4n) is 3.40. The van der Waals surface area contributed by atoms with Crippen LogP contribution in [0.1, 0.15) is 29.2 Å². The van der Waals surface area contributed by atoms with Crippen molar-refractivity contribution in [2.45, 2.75) is 26.3 Å². The van der Waals surface area contributed by atoms with Gasteiger partial charge in [0.15, 0.2) is 5.96 Å². The molecule has 2 N–H and O–H groups in total. The Hall–Kier alpha value is -0.940. The molecular weight excluding hydrogens is 533 g/mol. The highest BCUT2D eigenvalue weighted by molar-refractivity contribution is 14.0. The van der Waals surface area contributed by atoms with Crippen molar-refractivity contribution in [1.29, 1.82) is 0 Å². The second-order valence-corrected chi connectivity index (χ2v) is 8.41. The van der Waals surface area contributed by atoms with Crippen LogP contribution in [0.4, 0.5) is 0 Å². The number of aryl methyl sites for hydroxylation is 1. The third-order valence-corrected chi connectivity index (χ3v) is 6.02. The van der Waals surface area contributed by atoms with Gasteiger partial charge < -0.3 is 15.4 Å². The van der Waals surface area contributed by atoms with Gasteiger partial charge in [0.2, 0.25) is 0 Å². The summed E-state index contributed by atoms with van der Waals surface area (Å²) in [7, 11) is 0. The van der Waals surface area contributed by atoms with Crippen molar-refractivity contribution in [1.82, 2.24) is 20.5 Å². The van der Waals surface area contributed by atoms with Crippen LogP contribution in [0.2, 0.25) is 5.02 Å². The van der Waals surface area contributed by atoms with Gasteiger partial charge in [-0.15, -0.1) is 35.3 Å². The Morgan fingerprint density at radius 3 is 2.73 bits per heavy atom. The first-order chi connectivity index (χ1) is 14.2. The maximum absolute atomic E-state index is 6.52. The molecule has 1 fully saturated rings. The number of hydrogen-bond donors (Lipinski definition) is 2. The van der Waals surface area contributed by atoms with Gasteiger partial charge in [0.05, 0.1) is 36.5 Å². The average Bonchev–Trinajstić information content (AvgIpc) is 3.15. The first kappa shape index (κ1) is 25.3. The molecule has 1 unspecified atom stereocenters. The van der Waals surface area contributed by atoms with Crippen LogP contribution in [0.5, 0.6) is 0 Å². The predicted octanol–water partition coefficient (Wildman–Crippen LogP) is 3.89. The molecule has 30 heavy (non-hydrogen) atoms. The molecule has 0 radical (unpaired) electrons. The summed E-state index contributed by atoms with van der Waals surface area (Å²) in [6.07, 6.45) is 0.881. The molecule has 9 heteroatoms. The van der Waals surface area contributed by atoms with Crippen molar-refractivity contribution < 1.29 is 4.74 Å². The molecule has 1 aliphatic heterocycles.